The van der Waals surface area contributed by atoms with Gasteiger partial charge in [0.05, 0.1) is 5.69 Å². The molecule has 5 heteroatoms. The number of benzene rings is 1. The molecule has 0 unspecified atom stereocenters. The number of hydrogen-bond acceptors (Lipinski definition) is 4. The van der Waals surface area contributed by atoms with Crippen LogP contribution in [0.2, 0.25) is 0 Å². The van der Waals surface area contributed by atoms with E-state index < -0.39 is 5.63 Å². The summed E-state index contributed by atoms with van der Waals surface area (Å²) in [4.78, 5) is 11.2. The lowest BCUT2D eigenvalue weighted by Crippen LogP contribution is -2.14. The predicted molar refractivity (Wildman–Crippen MR) is 60.0 cm³/mol. The molecule has 84 valence electrons. The van der Waals surface area contributed by atoms with Crippen LogP contribution in [0.5, 0.6) is 0 Å². The van der Waals surface area contributed by atoms with Gasteiger partial charge in [0.1, 0.15) is 11.4 Å². The maximum Gasteiger partial charge on any atom is 0.338 e. The fourth-order valence-corrected chi connectivity index (χ4v) is 1.49. The first kappa shape index (κ1) is 10.6. The molecule has 0 radical (unpaired) electrons. The molecule has 0 spiro atoms. The van der Waals surface area contributed by atoms with E-state index in [1.54, 1.807) is 0 Å². The molecule has 0 aliphatic carbocycles. The van der Waals surface area contributed by atoms with Gasteiger partial charge in [0.2, 0.25) is 0 Å². The molecule has 2 aromatic rings. The molecule has 0 saturated carbocycles. The van der Waals surface area contributed by atoms with Crippen LogP contribution in [0.25, 0.3) is 11.0 Å². The Kier molecular flexibility index (Phi) is 2.87. The second-order valence-corrected chi connectivity index (χ2v) is 3.34. The lowest BCUT2D eigenvalue weighted by Gasteiger charge is -2.07. The Morgan fingerprint density at radius 1 is 1.38 bits per heavy atom. The predicted octanol–water partition coefficient (Wildman–Crippen LogP) is 1.30. The van der Waals surface area contributed by atoms with Gasteiger partial charge in [0, 0.05) is 24.5 Å². The van der Waals surface area contributed by atoms with Gasteiger partial charge in [-0.15, -0.1) is 0 Å². The van der Waals surface area contributed by atoms with Crippen molar-refractivity contribution >= 4 is 16.7 Å². The van der Waals surface area contributed by atoms with E-state index in [9.17, 15) is 9.18 Å². The third kappa shape index (κ3) is 2.04. The summed E-state index contributed by atoms with van der Waals surface area (Å²) in [5.74, 6) is -0.378. The van der Waals surface area contributed by atoms with Crippen molar-refractivity contribution in [2.75, 3.05) is 18.4 Å². The third-order valence-electron chi connectivity index (χ3n) is 2.16. The number of anilines is 1. The third-order valence-corrected chi connectivity index (χ3v) is 2.16. The Balaban J connectivity index is 2.60. The van der Waals surface area contributed by atoms with Gasteiger partial charge in [-0.1, -0.05) is 0 Å². The van der Waals surface area contributed by atoms with Gasteiger partial charge in [-0.25, -0.2) is 9.18 Å². The Morgan fingerprint density at radius 3 is 2.94 bits per heavy atom. The Morgan fingerprint density at radius 2 is 2.19 bits per heavy atom. The molecule has 0 aliphatic rings. The van der Waals surface area contributed by atoms with Gasteiger partial charge < -0.3 is 15.5 Å². The van der Waals surface area contributed by atoms with Gasteiger partial charge >= 0.3 is 5.63 Å². The standard InChI is InChI=1S/C11H11FN2O2/c12-7-1-2-10-8(5-7)9(14-4-3-13)6-11(15)16-10/h1-2,5-6,14H,3-4,13H2. The Bertz CT molecular complexity index is 565. The van der Waals surface area contributed by atoms with Crippen molar-refractivity contribution in [3.63, 3.8) is 0 Å². The SMILES string of the molecule is NCCNc1cc(=O)oc2ccc(F)cc12. The monoisotopic (exact) mass is 222 g/mol. The van der Waals surface area contributed by atoms with Crippen LogP contribution in [0.15, 0.2) is 33.5 Å². The number of hydrogen-bond donors (Lipinski definition) is 2. The molecule has 1 aromatic heterocycles. The van der Waals surface area contributed by atoms with Crippen molar-refractivity contribution in [1.82, 2.24) is 0 Å². The molecule has 0 amide bonds. The summed E-state index contributed by atoms with van der Waals surface area (Å²) in [5, 5.41) is 3.49. The number of nitrogens with two attached hydrogens (primary N) is 1. The highest BCUT2D eigenvalue weighted by Crippen LogP contribution is 2.21. The summed E-state index contributed by atoms with van der Waals surface area (Å²) in [7, 11) is 0. The molecule has 1 heterocycles. The fraction of sp³-hybridized carbons (Fsp3) is 0.182. The highest BCUT2D eigenvalue weighted by atomic mass is 19.1. The summed E-state index contributed by atoms with van der Waals surface area (Å²) in [6.45, 7) is 0.937. The average molecular weight is 222 g/mol. The van der Waals surface area contributed by atoms with Gasteiger partial charge in [-0.05, 0) is 18.2 Å². The fourth-order valence-electron chi connectivity index (χ4n) is 1.49. The zero-order valence-corrected chi connectivity index (χ0v) is 8.50. The van der Waals surface area contributed by atoms with Crippen LogP contribution in [-0.2, 0) is 0 Å². The van der Waals surface area contributed by atoms with Crippen LogP contribution < -0.4 is 16.7 Å². The van der Waals surface area contributed by atoms with Gasteiger partial charge in [0.15, 0.2) is 0 Å². The van der Waals surface area contributed by atoms with E-state index in [2.05, 4.69) is 5.32 Å². The van der Waals surface area contributed by atoms with Crippen LogP contribution in [0.4, 0.5) is 10.1 Å². The van der Waals surface area contributed by atoms with Gasteiger partial charge in [0.25, 0.3) is 0 Å². The molecule has 4 nitrogen and oxygen atoms in total. The zero-order valence-electron chi connectivity index (χ0n) is 8.50. The minimum atomic E-state index is -0.473. The second-order valence-electron chi connectivity index (χ2n) is 3.34. The van der Waals surface area contributed by atoms with Crippen LogP contribution in [0.1, 0.15) is 0 Å². The lowest BCUT2D eigenvalue weighted by molar-refractivity contribution is 0.559. The first-order valence-electron chi connectivity index (χ1n) is 4.88. The van der Waals surface area contributed by atoms with Crippen molar-refractivity contribution in [3.8, 4) is 0 Å². The molecule has 0 aliphatic heterocycles. The minimum Gasteiger partial charge on any atom is -0.423 e. The highest BCUT2D eigenvalue weighted by Gasteiger charge is 2.05. The number of fused-ring (bicyclic) bond motifs is 1. The smallest absolute Gasteiger partial charge is 0.338 e. The van der Waals surface area contributed by atoms with Crippen LogP contribution in [0.3, 0.4) is 0 Å². The summed E-state index contributed by atoms with van der Waals surface area (Å²) >= 11 is 0. The van der Waals surface area contributed by atoms with Gasteiger partial charge in [-0.3, -0.25) is 0 Å². The number of rotatable bonds is 3. The molecular weight excluding hydrogens is 211 g/mol. The van der Waals surface area contributed by atoms with Crippen LogP contribution >= 0.6 is 0 Å². The molecule has 1 aromatic carbocycles. The molecule has 16 heavy (non-hydrogen) atoms. The molecule has 0 fully saturated rings. The van der Waals surface area contributed by atoms with Crippen molar-refractivity contribution in [2.45, 2.75) is 0 Å². The van der Waals surface area contributed by atoms with Crippen molar-refractivity contribution in [2.24, 2.45) is 5.73 Å². The van der Waals surface area contributed by atoms with Crippen molar-refractivity contribution in [3.05, 3.63) is 40.5 Å². The Hall–Kier alpha value is -1.88. The molecule has 3 N–H and O–H groups in total. The number of nitrogens with one attached hydrogen (secondary N) is 1. The topological polar surface area (TPSA) is 68.3 Å². The average Bonchev–Trinajstić information content (AvgIpc) is 2.26. The van der Waals surface area contributed by atoms with E-state index in [4.69, 9.17) is 10.2 Å². The van der Waals surface area contributed by atoms with Gasteiger partial charge in [-0.2, -0.15) is 0 Å². The minimum absolute atomic E-state index is 0.355. The quantitative estimate of drug-likeness (QED) is 0.768. The summed E-state index contributed by atoms with van der Waals surface area (Å²) < 4.78 is 18.0. The van der Waals surface area contributed by atoms with E-state index in [1.807, 2.05) is 0 Å². The van der Waals surface area contributed by atoms with E-state index >= 15 is 0 Å². The molecule has 0 atom stereocenters. The molecule has 2 rings (SSSR count). The maximum absolute atomic E-state index is 13.1. The van der Waals surface area contributed by atoms with Crippen LogP contribution in [0, 0.1) is 5.82 Å². The van der Waals surface area contributed by atoms with E-state index in [0.717, 1.165) is 0 Å². The molecular formula is C11H11FN2O2. The molecule has 0 saturated heterocycles. The first-order chi connectivity index (χ1) is 7.70. The summed E-state index contributed by atoms with van der Waals surface area (Å²) in [6.07, 6.45) is 0. The maximum atomic E-state index is 13.1. The zero-order chi connectivity index (χ0) is 11.5. The normalized spacial score (nSPS) is 10.6. The van der Waals surface area contributed by atoms with Crippen molar-refractivity contribution < 1.29 is 8.81 Å². The Labute approximate surface area is 90.9 Å². The summed E-state index contributed by atoms with van der Waals surface area (Å²) in [5.41, 5.74) is 5.77. The lowest BCUT2D eigenvalue weighted by atomic mass is 10.2. The summed E-state index contributed by atoms with van der Waals surface area (Å²) in [6, 6.07) is 5.28. The molecule has 0 bridgehead atoms. The largest absolute Gasteiger partial charge is 0.423 e. The van der Waals surface area contributed by atoms with Crippen LogP contribution in [-0.4, -0.2) is 13.1 Å². The number of halogens is 1. The van der Waals surface area contributed by atoms with E-state index in [1.165, 1.54) is 24.3 Å². The highest BCUT2D eigenvalue weighted by molar-refractivity contribution is 5.89. The second kappa shape index (κ2) is 4.32. The van der Waals surface area contributed by atoms with E-state index in [0.29, 0.717) is 29.7 Å². The first-order valence-corrected chi connectivity index (χ1v) is 4.88. The van der Waals surface area contributed by atoms with Crippen molar-refractivity contribution in [1.29, 1.82) is 0 Å². The van der Waals surface area contributed by atoms with E-state index in [-0.39, 0.29) is 5.82 Å².